The molecule has 0 saturated carbocycles. The predicted octanol–water partition coefficient (Wildman–Crippen LogP) is 3.24. The van der Waals surface area contributed by atoms with Crippen LogP contribution in [-0.2, 0) is 11.2 Å². The molecule has 2 aromatic carbocycles. The number of amides is 1. The number of nitrogens with zero attached hydrogens (tertiary/aromatic N) is 1. The van der Waals surface area contributed by atoms with Crippen LogP contribution in [0.1, 0.15) is 5.56 Å². The van der Waals surface area contributed by atoms with Crippen molar-refractivity contribution in [3.05, 3.63) is 60.2 Å². The van der Waals surface area contributed by atoms with Crippen molar-refractivity contribution >= 4 is 23.4 Å². The third kappa shape index (κ3) is 3.49. The maximum atomic E-state index is 11.8. The van der Waals surface area contributed by atoms with Crippen LogP contribution in [-0.4, -0.2) is 23.4 Å². The zero-order chi connectivity index (χ0) is 15.4. The first-order chi connectivity index (χ1) is 10.7. The first-order valence-corrected chi connectivity index (χ1v) is 8.25. The van der Waals surface area contributed by atoms with Crippen LogP contribution in [0.25, 0.3) is 0 Å². The molecular formula is C17H16N2O2S. The highest BCUT2D eigenvalue weighted by atomic mass is 32.2. The number of rotatable bonds is 5. The van der Waals surface area contributed by atoms with Crippen LogP contribution in [0.2, 0.25) is 0 Å². The Balaban J connectivity index is 1.73. The predicted molar refractivity (Wildman–Crippen MR) is 89.5 cm³/mol. The summed E-state index contributed by atoms with van der Waals surface area (Å²) in [4.78, 5) is 16.2. The van der Waals surface area contributed by atoms with Crippen molar-refractivity contribution in [2.75, 3.05) is 6.26 Å². The fourth-order valence-corrected chi connectivity index (χ4v) is 2.66. The van der Waals surface area contributed by atoms with Gasteiger partial charge in [0.2, 0.25) is 0 Å². The average Bonchev–Trinajstić information content (AvgIpc) is 2.89. The Morgan fingerprint density at radius 1 is 1.14 bits per heavy atom. The molecule has 5 heteroatoms. The average molecular weight is 312 g/mol. The van der Waals surface area contributed by atoms with E-state index in [1.807, 2.05) is 60.9 Å². The van der Waals surface area contributed by atoms with E-state index in [2.05, 4.69) is 10.3 Å². The van der Waals surface area contributed by atoms with E-state index in [9.17, 15) is 4.79 Å². The topological polar surface area (TPSA) is 50.7 Å². The van der Waals surface area contributed by atoms with Crippen molar-refractivity contribution in [2.45, 2.75) is 11.9 Å². The fourth-order valence-electron chi connectivity index (χ4n) is 2.20. The van der Waals surface area contributed by atoms with Crippen molar-refractivity contribution in [2.24, 2.45) is 4.99 Å². The maximum absolute atomic E-state index is 11.8. The summed E-state index contributed by atoms with van der Waals surface area (Å²) in [5.41, 5.74) is 1.41. The van der Waals surface area contributed by atoms with Gasteiger partial charge in [-0.15, -0.1) is 11.8 Å². The minimum atomic E-state index is -0.161. The first kappa shape index (κ1) is 14.7. The second-order valence-corrected chi connectivity index (χ2v) is 5.79. The minimum absolute atomic E-state index is 0.0891. The van der Waals surface area contributed by atoms with Crippen molar-refractivity contribution in [1.29, 1.82) is 0 Å². The summed E-state index contributed by atoms with van der Waals surface area (Å²) < 4.78 is 5.81. The molecule has 0 fully saturated rings. The molecule has 4 nitrogen and oxygen atoms in total. The molecule has 1 amide bonds. The number of para-hydroxylation sites is 1. The maximum Gasteiger partial charge on any atom is 0.267 e. The molecule has 0 spiro atoms. The van der Waals surface area contributed by atoms with E-state index in [0.29, 0.717) is 12.1 Å². The number of ether oxygens (including phenoxy) is 1. The summed E-state index contributed by atoms with van der Waals surface area (Å²) in [6.45, 7) is 0. The molecule has 22 heavy (non-hydrogen) atoms. The molecule has 1 unspecified atom stereocenters. The molecule has 0 saturated heterocycles. The van der Waals surface area contributed by atoms with E-state index in [1.165, 1.54) is 11.8 Å². The lowest BCUT2D eigenvalue weighted by molar-refractivity contribution is -0.114. The van der Waals surface area contributed by atoms with Gasteiger partial charge in [0.1, 0.15) is 17.2 Å². The highest BCUT2D eigenvalue weighted by Crippen LogP contribution is 2.22. The van der Waals surface area contributed by atoms with E-state index in [0.717, 1.165) is 17.1 Å². The summed E-state index contributed by atoms with van der Waals surface area (Å²) in [6, 6.07) is 17.4. The molecule has 2 aromatic rings. The molecule has 3 rings (SSSR count). The number of hydrogen-bond donors (Lipinski definition) is 1. The summed E-state index contributed by atoms with van der Waals surface area (Å²) in [5, 5.41) is 2.82. The fraction of sp³-hybridized carbons (Fsp3) is 0.176. The van der Waals surface area contributed by atoms with Crippen molar-refractivity contribution in [3.8, 4) is 11.5 Å². The Morgan fingerprint density at radius 2 is 1.91 bits per heavy atom. The van der Waals surface area contributed by atoms with E-state index < -0.39 is 0 Å². The van der Waals surface area contributed by atoms with Crippen molar-refractivity contribution in [3.63, 3.8) is 0 Å². The Bertz CT molecular complexity index is 701. The Morgan fingerprint density at radius 3 is 2.64 bits per heavy atom. The second-order valence-electron chi connectivity index (χ2n) is 4.88. The van der Waals surface area contributed by atoms with Gasteiger partial charge in [0.25, 0.3) is 5.91 Å². The number of aliphatic imine (C=N–C) groups is 1. The quantitative estimate of drug-likeness (QED) is 0.922. The summed E-state index contributed by atoms with van der Waals surface area (Å²) >= 11 is 1.51. The van der Waals surface area contributed by atoms with Crippen LogP contribution in [0, 0.1) is 0 Å². The molecule has 0 radical (unpaired) electrons. The van der Waals surface area contributed by atoms with Gasteiger partial charge in [0, 0.05) is 6.42 Å². The van der Waals surface area contributed by atoms with Gasteiger partial charge in [-0.25, -0.2) is 4.99 Å². The van der Waals surface area contributed by atoms with Crippen LogP contribution >= 0.6 is 11.8 Å². The zero-order valence-electron chi connectivity index (χ0n) is 12.2. The van der Waals surface area contributed by atoms with Crippen molar-refractivity contribution < 1.29 is 9.53 Å². The first-order valence-electron chi connectivity index (χ1n) is 6.97. The molecule has 1 atom stereocenters. The molecule has 1 aliphatic heterocycles. The van der Waals surface area contributed by atoms with Crippen LogP contribution in [0.5, 0.6) is 11.5 Å². The Labute approximate surface area is 133 Å². The lowest BCUT2D eigenvalue weighted by atomic mass is 10.1. The SMILES string of the molecule is CSC1N=C(Cc2cccc(Oc3ccccc3)c2)C(=O)N1. The number of benzene rings is 2. The molecule has 0 bridgehead atoms. The number of carbonyl (C=O) groups excluding carboxylic acids is 1. The van der Waals surface area contributed by atoms with E-state index in [-0.39, 0.29) is 11.4 Å². The van der Waals surface area contributed by atoms with Gasteiger partial charge in [-0.1, -0.05) is 30.3 Å². The number of hydrogen-bond acceptors (Lipinski definition) is 4. The standard InChI is InChI=1S/C17H16N2O2S/c1-22-17-18-15(16(20)19-17)11-12-6-5-9-14(10-12)21-13-7-3-2-4-8-13/h2-10,17H,11H2,1H3,(H,19,20). The van der Waals surface area contributed by atoms with Gasteiger partial charge in [-0.05, 0) is 36.1 Å². The lowest BCUT2D eigenvalue weighted by Gasteiger charge is -2.07. The van der Waals surface area contributed by atoms with Gasteiger partial charge >= 0.3 is 0 Å². The lowest BCUT2D eigenvalue weighted by Crippen LogP contribution is -2.28. The monoisotopic (exact) mass is 312 g/mol. The third-order valence-electron chi connectivity index (χ3n) is 3.26. The van der Waals surface area contributed by atoms with E-state index >= 15 is 0 Å². The van der Waals surface area contributed by atoms with Crippen LogP contribution in [0.15, 0.2) is 59.6 Å². The van der Waals surface area contributed by atoms with Gasteiger partial charge in [0.05, 0.1) is 0 Å². The van der Waals surface area contributed by atoms with Crippen LogP contribution in [0.4, 0.5) is 0 Å². The third-order valence-corrected chi connectivity index (χ3v) is 3.93. The van der Waals surface area contributed by atoms with Gasteiger partial charge < -0.3 is 10.1 Å². The molecule has 112 valence electrons. The van der Waals surface area contributed by atoms with Crippen LogP contribution in [0.3, 0.4) is 0 Å². The second kappa shape index (κ2) is 6.66. The molecule has 0 aromatic heterocycles. The van der Waals surface area contributed by atoms with Gasteiger partial charge in [0.15, 0.2) is 5.50 Å². The van der Waals surface area contributed by atoms with Crippen molar-refractivity contribution in [1.82, 2.24) is 5.32 Å². The molecule has 1 N–H and O–H groups in total. The number of carbonyl (C=O) groups is 1. The highest BCUT2D eigenvalue weighted by Gasteiger charge is 2.23. The Hall–Kier alpha value is -2.27. The Kier molecular flexibility index (Phi) is 4.44. The number of nitrogens with one attached hydrogen (secondary N) is 1. The summed E-state index contributed by atoms with van der Waals surface area (Å²) in [7, 11) is 0. The molecule has 1 aliphatic rings. The van der Waals surface area contributed by atoms with Gasteiger partial charge in [-0.3, -0.25) is 4.79 Å². The molecular weight excluding hydrogens is 296 g/mol. The van der Waals surface area contributed by atoms with Gasteiger partial charge in [-0.2, -0.15) is 0 Å². The largest absolute Gasteiger partial charge is 0.457 e. The summed E-state index contributed by atoms with van der Waals surface area (Å²) in [5.74, 6) is 1.45. The van der Waals surface area contributed by atoms with Crippen LogP contribution < -0.4 is 10.1 Å². The molecule has 1 heterocycles. The summed E-state index contributed by atoms with van der Waals surface area (Å²) in [6.07, 6.45) is 2.43. The minimum Gasteiger partial charge on any atom is -0.457 e. The normalized spacial score (nSPS) is 17.0. The number of thioether (sulfide) groups is 1. The smallest absolute Gasteiger partial charge is 0.267 e. The van der Waals surface area contributed by atoms with E-state index in [4.69, 9.17) is 4.74 Å². The van der Waals surface area contributed by atoms with E-state index in [1.54, 1.807) is 0 Å². The molecule has 0 aliphatic carbocycles. The zero-order valence-corrected chi connectivity index (χ0v) is 13.0. The highest BCUT2D eigenvalue weighted by molar-refractivity contribution is 7.99.